The molecule has 0 radical (unpaired) electrons. The van der Waals surface area contributed by atoms with Crippen LogP contribution in [-0.4, -0.2) is 39.7 Å². The second-order valence-electron chi connectivity index (χ2n) is 7.08. The Labute approximate surface area is 170 Å². The number of benzene rings is 2. The number of thioether (sulfide) groups is 1. The van der Waals surface area contributed by atoms with Gasteiger partial charge in [0.2, 0.25) is 0 Å². The maximum Gasteiger partial charge on any atom is 0.416 e. The van der Waals surface area contributed by atoms with Crippen molar-refractivity contribution in [2.75, 3.05) is 19.3 Å². The van der Waals surface area contributed by atoms with E-state index in [2.05, 4.69) is 4.98 Å². The van der Waals surface area contributed by atoms with E-state index in [1.54, 1.807) is 18.1 Å². The van der Waals surface area contributed by atoms with Crippen LogP contribution in [0.4, 0.5) is 13.2 Å². The minimum atomic E-state index is -4.38. The molecule has 29 heavy (non-hydrogen) atoms. The summed E-state index contributed by atoms with van der Waals surface area (Å²) in [6.07, 6.45) is 0.652. The highest BCUT2D eigenvalue weighted by atomic mass is 32.2. The average molecular weight is 419 g/mol. The Morgan fingerprint density at radius 1 is 1.14 bits per heavy atom. The van der Waals surface area contributed by atoms with Crippen LogP contribution in [-0.2, 0) is 6.18 Å². The summed E-state index contributed by atoms with van der Waals surface area (Å²) in [5, 5.41) is 0. The zero-order valence-corrected chi connectivity index (χ0v) is 16.6. The van der Waals surface area contributed by atoms with Crippen molar-refractivity contribution < 1.29 is 18.0 Å². The van der Waals surface area contributed by atoms with E-state index in [-0.39, 0.29) is 11.9 Å². The molecule has 1 aromatic heterocycles. The Balaban J connectivity index is 1.49. The molecule has 0 saturated carbocycles. The van der Waals surface area contributed by atoms with Crippen molar-refractivity contribution in [2.24, 2.45) is 0 Å². The number of rotatable bonds is 3. The first-order chi connectivity index (χ1) is 13.9. The zero-order chi connectivity index (χ0) is 20.6. The van der Waals surface area contributed by atoms with Gasteiger partial charge in [-0.1, -0.05) is 12.1 Å². The molecule has 152 valence electrons. The third-order valence-electron chi connectivity index (χ3n) is 5.38. The topological polar surface area (TPSA) is 38.1 Å². The number of carbonyl (C=O) groups excluding carboxylic acids is 1. The molecule has 1 aliphatic rings. The molecular weight excluding hydrogens is 399 g/mol. The maximum absolute atomic E-state index is 12.9. The van der Waals surface area contributed by atoms with E-state index >= 15 is 0 Å². The minimum absolute atomic E-state index is 0.0266. The fourth-order valence-corrected chi connectivity index (χ4v) is 4.43. The van der Waals surface area contributed by atoms with Crippen molar-refractivity contribution in [3.8, 4) is 0 Å². The van der Waals surface area contributed by atoms with Crippen LogP contribution >= 0.6 is 11.8 Å². The van der Waals surface area contributed by atoms with E-state index in [9.17, 15) is 18.0 Å². The largest absolute Gasteiger partial charge is 0.416 e. The Morgan fingerprint density at radius 2 is 1.86 bits per heavy atom. The molecule has 0 atom stereocenters. The smallest absolute Gasteiger partial charge is 0.338 e. The monoisotopic (exact) mass is 419 g/mol. The lowest BCUT2D eigenvalue weighted by molar-refractivity contribution is -0.137. The van der Waals surface area contributed by atoms with Crippen molar-refractivity contribution in [3.05, 3.63) is 59.9 Å². The number of amides is 1. The van der Waals surface area contributed by atoms with Gasteiger partial charge in [0, 0.05) is 24.0 Å². The second kappa shape index (κ2) is 7.74. The van der Waals surface area contributed by atoms with Crippen molar-refractivity contribution in [1.29, 1.82) is 0 Å². The highest BCUT2D eigenvalue weighted by Crippen LogP contribution is 2.33. The van der Waals surface area contributed by atoms with Crippen molar-refractivity contribution in [3.63, 3.8) is 0 Å². The number of piperidine rings is 1. The van der Waals surface area contributed by atoms with E-state index in [1.165, 1.54) is 6.07 Å². The third kappa shape index (κ3) is 3.85. The van der Waals surface area contributed by atoms with Gasteiger partial charge in [-0.2, -0.15) is 13.2 Å². The number of fused-ring (bicyclic) bond motifs is 1. The fourth-order valence-electron chi connectivity index (χ4n) is 3.84. The van der Waals surface area contributed by atoms with E-state index in [4.69, 9.17) is 0 Å². The summed E-state index contributed by atoms with van der Waals surface area (Å²) in [5.41, 5.74) is 1.05. The van der Waals surface area contributed by atoms with Gasteiger partial charge >= 0.3 is 6.18 Å². The molecule has 1 amide bonds. The van der Waals surface area contributed by atoms with Gasteiger partial charge in [0.15, 0.2) is 0 Å². The number of hydrogen-bond donors (Lipinski definition) is 0. The third-order valence-corrected chi connectivity index (χ3v) is 6.18. The molecule has 0 unspecified atom stereocenters. The summed E-state index contributed by atoms with van der Waals surface area (Å²) in [6.45, 7) is 1.21. The first-order valence-electron chi connectivity index (χ1n) is 9.34. The Bertz CT molecular complexity index is 1040. The average Bonchev–Trinajstić information content (AvgIpc) is 3.16. The summed E-state index contributed by atoms with van der Waals surface area (Å²) in [5.74, 6) is 0.0266. The molecule has 2 heterocycles. The Hall–Kier alpha value is -2.48. The van der Waals surface area contributed by atoms with Crippen molar-refractivity contribution in [1.82, 2.24) is 14.5 Å². The molecule has 0 spiro atoms. The standard InChI is InChI=1S/C21H20F3N3OS/c1-29-19-5-3-2-4-16(19)20(28)26-10-8-15(9-11-26)27-13-25-17-12-14(21(22,23)24)6-7-18(17)27/h2-7,12-13,15H,8-11H2,1H3. The molecule has 1 saturated heterocycles. The minimum Gasteiger partial charge on any atom is -0.338 e. The number of nitrogens with zero attached hydrogens (tertiary/aromatic N) is 3. The number of likely N-dealkylation sites (tertiary alicyclic amines) is 1. The lowest BCUT2D eigenvalue weighted by Crippen LogP contribution is -2.39. The van der Waals surface area contributed by atoms with E-state index in [0.29, 0.717) is 29.7 Å². The summed E-state index contributed by atoms with van der Waals surface area (Å²) in [6, 6.07) is 11.4. The number of alkyl halides is 3. The molecule has 8 heteroatoms. The highest BCUT2D eigenvalue weighted by molar-refractivity contribution is 7.98. The predicted octanol–water partition coefficient (Wildman–Crippen LogP) is 5.25. The van der Waals surface area contributed by atoms with Crippen LogP contribution in [0.3, 0.4) is 0 Å². The van der Waals surface area contributed by atoms with Gasteiger partial charge in [-0.25, -0.2) is 4.98 Å². The van der Waals surface area contributed by atoms with Gasteiger partial charge in [0.25, 0.3) is 5.91 Å². The second-order valence-corrected chi connectivity index (χ2v) is 7.92. The van der Waals surface area contributed by atoms with Crippen LogP contribution in [0.25, 0.3) is 11.0 Å². The number of carbonyl (C=O) groups is 1. The lowest BCUT2D eigenvalue weighted by atomic mass is 10.0. The molecule has 0 bridgehead atoms. The molecule has 1 fully saturated rings. The molecule has 2 aromatic carbocycles. The molecule has 3 aromatic rings. The van der Waals surface area contributed by atoms with Gasteiger partial charge in [-0.15, -0.1) is 11.8 Å². The van der Waals surface area contributed by atoms with E-state index in [0.717, 1.165) is 29.9 Å². The van der Waals surface area contributed by atoms with Crippen LogP contribution in [0.1, 0.15) is 34.8 Å². The SMILES string of the molecule is CSc1ccccc1C(=O)N1CCC(n2cnc3cc(C(F)(F)F)ccc32)CC1. The Kier molecular flexibility index (Phi) is 5.29. The maximum atomic E-state index is 12.9. The summed E-state index contributed by atoms with van der Waals surface area (Å²) in [7, 11) is 0. The molecule has 0 aliphatic carbocycles. The normalized spacial score (nSPS) is 15.8. The zero-order valence-electron chi connectivity index (χ0n) is 15.8. The summed E-state index contributed by atoms with van der Waals surface area (Å²) >= 11 is 1.55. The van der Waals surface area contributed by atoms with Crippen LogP contribution in [0, 0.1) is 0 Å². The summed E-state index contributed by atoms with van der Waals surface area (Å²) in [4.78, 5) is 19.9. The van der Waals surface area contributed by atoms with Crippen molar-refractivity contribution in [2.45, 2.75) is 30.0 Å². The van der Waals surface area contributed by atoms with Gasteiger partial charge in [-0.05, 0) is 49.4 Å². The number of imidazole rings is 1. The number of hydrogen-bond acceptors (Lipinski definition) is 3. The predicted molar refractivity (Wildman–Crippen MR) is 107 cm³/mol. The van der Waals surface area contributed by atoms with E-state index in [1.807, 2.05) is 40.0 Å². The van der Waals surface area contributed by atoms with Crippen LogP contribution in [0.5, 0.6) is 0 Å². The first kappa shape index (κ1) is 19.8. The van der Waals surface area contributed by atoms with Crippen LogP contribution < -0.4 is 0 Å². The number of halogens is 3. The quantitative estimate of drug-likeness (QED) is 0.544. The van der Waals surface area contributed by atoms with Gasteiger partial charge in [0.1, 0.15) is 0 Å². The van der Waals surface area contributed by atoms with Crippen molar-refractivity contribution >= 4 is 28.7 Å². The van der Waals surface area contributed by atoms with Gasteiger partial charge in [0.05, 0.1) is 28.5 Å². The van der Waals surface area contributed by atoms with E-state index < -0.39 is 11.7 Å². The van der Waals surface area contributed by atoms with Gasteiger partial charge in [-0.3, -0.25) is 4.79 Å². The number of aromatic nitrogens is 2. The molecule has 4 rings (SSSR count). The van der Waals surface area contributed by atoms with Crippen LogP contribution in [0.15, 0.2) is 53.7 Å². The molecule has 1 aliphatic heterocycles. The Morgan fingerprint density at radius 3 is 2.55 bits per heavy atom. The molecular formula is C21H20F3N3OS. The lowest BCUT2D eigenvalue weighted by Gasteiger charge is -2.33. The highest BCUT2D eigenvalue weighted by Gasteiger charge is 2.31. The fraction of sp³-hybridized carbons (Fsp3) is 0.333. The van der Waals surface area contributed by atoms with Crippen LogP contribution in [0.2, 0.25) is 0 Å². The molecule has 4 nitrogen and oxygen atoms in total. The summed E-state index contributed by atoms with van der Waals surface area (Å²) < 4.78 is 40.7. The van der Waals surface area contributed by atoms with Gasteiger partial charge < -0.3 is 9.47 Å². The molecule has 0 N–H and O–H groups in total. The first-order valence-corrected chi connectivity index (χ1v) is 10.6.